The van der Waals surface area contributed by atoms with Crippen molar-refractivity contribution in [3.05, 3.63) is 29.8 Å². The van der Waals surface area contributed by atoms with E-state index in [1.807, 2.05) is 26.0 Å². The largest absolute Gasteiger partial charge is 0.494 e. The first-order chi connectivity index (χ1) is 19.5. The number of fused-ring (bicyclic) bond motifs is 11. The van der Waals surface area contributed by atoms with Crippen molar-refractivity contribution in [1.82, 2.24) is 21.4 Å². The van der Waals surface area contributed by atoms with Crippen molar-refractivity contribution in [3.63, 3.8) is 0 Å². The summed E-state index contributed by atoms with van der Waals surface area (Å²) in [7, 11) is 0. The molecule has 2 aliphatic heterocycles. The zero-order valence-electron chi connectivity index (χ0n) is 24.2. The van der Waals surface area contributed by atoms with Crippen molar-refractivity contribution in [2.45, 2.75) is 77.7 Å². The number of amides is 3. The molecule has 0 fully saturated rings. The quantitative estimate of drug-likeness (QED) is 0.0593. The first-order valence-electron chi connectivity index (χ1n) is 14.2. The molecular formula is C28H46N6O7. The highest BCUT2D eigenvalue weighted by Crippen LogP contribution is 2.27. The van der Waals surface area contributed by atoms with Gasteiger partial charge in [0.1, 0.15) is 24.1 Å². The van der Waals surface area contributed by atoms with E-state index in [1.54, 1.807) is 24.5 Å². The van der Waals surface area contributed by atoms with E-state index in [9.17, 15) is 24.4 Å². The normalized spacial score (nSPS) is 20.5. The summed E-state index contributed by atoms with van der Waals surface area (Å²) < 4.78 is 11.0. The van der Waals surface area contributed by atoms with Crippen molar-refractivity contribution in [3.8, 4) is 5.75 Å². The van der Waals surface area contributed by atoms with Gasteiger partial charge in [0.05, 0.1) is 19.1 Å². The number of carbonyl (C=O) groups is 4. The van der Waals surface area contributed by atoms with E-state index in [0.717, 1.165) is 5.56 Å². The zero-order chi connectivity index (χ0) is 30.4. The highest BCUT2D eigenvalue weighted by atomic mass is 16.5. The molecule has 0 radical (unpaired) electrons. The topological polar surface area (TPSA) is 207 Å². The van der Waals surface area contributed by atoms with E-state index in [2.05, 4.69) is 16.0 Å². The van der Waals surface area contributed by atoms with Crippen LogP contribution in [-0.2, 0) is 30.3 Å². The second kappa shape index (κ2) is 17.5. The Morgan fingerprint density at radius 1 is 1.17 bits per heavy atom. The van der Waals surface area contributed by atoms with Crippen molar-refractivity contribution >= 4 is 23.7 Å². The summed E-state index contributed by atoms with van der Waals surface area (Å²) in [5.74, 6) is -3.29. The smallest absolute Gasteiger partial charge is 0.328 e. The van der Waals surface area contributed by atoms with Gasteiger partial charge in [0.2, 0.25) is 17.7 Å². The van der Waals surface area contributed by atoms with Gasteiger partial charge < -0.3 is 31.6 Å². The second-order valence-corrected chi connectivity index (χ2v) is 10.7. The number of ether oxygens (including phenoxy) is 2. The SMILES string of the molecule is CCOC(=O)[C@H](CCCNC(N)N)NC(=O)[C@@H]1Cc2ccc(cc2)OCCC[C@H](C(=O)NO)[C@@H](CC(C)C)C(=O)N1. The van der Waals surface area contributed by atoms with Gasteiger partial charge in [-0.05, 0) is 69.2 Å². The van der Waals surface area contributed by atoms with E-state index < -0.39 is 53.9 Å². The molecule has 4 atom stereocenters. The van der Waals surface area contributed by atoms with E-state index in [0.29, 0.717) is 38.2 Å². The molecule has 9 N–H and O–H groups in total. The Hall–Kier alpha value is -3.26. The number of esters is 1. The third kappa shape index (κ3) is 11.6. The van der Waals surface area contributed by atoms with Gasteiger partial charge in [0.15, 0.2) is 0 Å². The monoisotopic (exact) mass is 578 g/mol. The van der Waals surface area contributed by atoms with Crippen LogP contribution in [0.5, 0.6) is 5.75 Å². The van der Waals surface area contributed by atoms with E-state index in [-0.39, 0.29) is 31.8 Å². The third-order valence-electron chi connectivity index (χ3n) is 6.86. The fourth-order valence-corrected chi connectivity index (χ4v) is 4.84. The third-order valence-corrected chi connectivity index (χ3v) is 6.86. The van der Waals surface area contributed by atoms with Crippen molar-refractivity contribution in [1.29, 1.82) is 0 Å². The lowest BCUT2D eigenvalue weighted by molar-refractivity contribution is -0.148. The molecule has 0 spiro atoms. The summed E-state index contributed by atoms with van der Waals surface area (Å²) in [6, 6.07) is 5.15. The van der Waals surface area contributed by atoms with Gasteiger partial charge >= 0.3 is 5.97 Å². The van der Waals surface area contributed by atoms with Crippen LogP contribution in [0.1, 0.15) is 58.4 Å². The first kappa shape index (κ1) is 33.9. The maximum atomic E-state index is 13.7. The molecule has 13 nitrogen and oxygen atoms in total. The van der Waals surface area contributed by atoms with Crippen LogP contribution in [0.2, 0.25) is 0 Å². The summed E-state index contributed by atoms with van der Waals surface area (Å²) in [6.45, 7) is 6.41. The highest BCUT2D eigenvalue weighted by Gasteiger charge is 2.36. The molecule has 1 aromatic rings. The average molecular weight is 579 g/mol. The van der Waals surface area contributed by atoms with Gasteiger partial charge in [-0.25, -0.2) is 10.3 Å². The Balaban J connectivity index is 2.37. The van der Waals surface area contributed by atoms with Crippen molar-refractivity contribution in [2.24, 2.45) is 29.2 Å². The molecular weight excluding hydrogens is 532 g/mol. The predicted molar refractivity (Wildman–Crippen MR) is 151 cm³/mol. The number of nitrogens with two attached hydrogens (primary N) is 2. The predicted octanol–water partition coefficient (Wildman–Crippen LogP) is 0.289. The lowest BCUT2D eigenvalue weighted by Crippen LogP contribution is -2.55. The van der Waals surface area contributed by atoms with Crippen LogP contribution in [0.25, 0.3) is 0 Å². The fraction of sp³-hybridized carbons (Fsp3) is 0.643. The summed E-state index contributed by atoms with van der Waals surface area (Å²) in [6.07, 6.45) is 1.26. The minimum atomic E-state index is -1.06. The summed E-state index contributed by atoms with van der Waals surface area (Å²) in [5, 5.41) is 17.9. The molecule has 2 aliphatic rings. The number of nitrogens with one attached hydrogen (secondary N) is 4. The summed E-state index contributed by atoms with van der Waals surface area (Å²) >= 11 is 0. The Kier molecular flexibility index (Phi) is 14.5. The van der Waals surface area contributed by atoms with Crippen LogP contribution < -0.4 is 37.6 Å². The number of carbonyl (C=O) groups excluding carboxylic acids is 4. The molecule has 0 saturated heterocycles. The van der Waals surface area contributed by atoms with Crippen LogP contribution in [-0.4, -0.2) is 67.0 Å². The first-order valence-corrected chi connectivity index (χ1v) is 14.2. The van der Waals surface area contributed by atoms with Gasteiger partial charge in [0.25, 0.3) is 0 Å². The maximum Gasteiger partial charge on any atom is 0.328 e. The zero-order valence-corrected chi connectivity index (χ0v) is 24.2. The number of benzene rings is 1. The molecule has 0 saturated carbocycles. The molecule has 0 aromatic heterocycles. The number of hydrogen-bond acceptors (Lipinski definition) is 10. The fourth-order valence-electron chi connectivity index (χ4n) is 4.84. The molecule has 230 valence electrons. The molecule has 2 heterocycles. The van der Waals surface area contributed by atoms with E-state index >= 15 is 0 Å². The van der Waals surface area contributed by atoms with Gasteiger partial charge in [-0.3, -0.25) is 24.9 Å². The van der Waals surface area contributed by atoms with Gasteiger partial charge in [-0.1, -0.05) is 26.0 Å². The van der Waals surface area contributed by atoms with Crippen LogP contribution in [0.4, 0.5) is 0 Å². The van der Waals surface area contributed by atoms with Crippen molar-refractivity contribution < 1.29 is 33.9 Å². The minimum absolute atomic E-state index is 0.0532. The minimum Gasteiger partial charge on any atom is -0.494 e. The van der Waals surface area contributed by atoms with Crippen molar-refractivity contribution in [2.75, 3.05) is 19.8 Å². The Bertz CT molecular complexity index is 989. The highest BCUT2D eigenvalue weighted by molar-refractivity contribution is 5.93. The molecule has 13 heteroatoms. The maximum absolute atomic E-state index is 13.7. The molecule has 0 aliphatic carbocycles. The van der Waals surface area contributed by atoms with Crippen LogP contribution >= 0.6 is 0 Å². The molecule has 3 rings (SSSR count). The Labute approximate surface area is 241 Å². The molecule has 0 unspecified atom stereocenters. The Morgan fingerprint density at radius 2 is 1.88 bits per heavy atom. The molecule has 3 amide bonds. The standard InChI is InChI=1S/C28H46N6O7/c1-4-40-27(38)22(8-5-13-31-28(29)30)32-26(37)23-16-18-9-11-19(12-10-18)41-14-6-7-20(25(36)34-39)21(15-17(2)3)24(35)33-23/h9-12,17,20-23,28,31,39H,4-8,13-16,29-30H2,1-3H3,(H,32,37)(H,33,35)(H,34,36)/t20-,21+,22-,23-/m0/s1. The van der Waals surface area contributed by atoms with Gasteiger partial charge in [-0.2, -0.15) is 0 Å². The number of hydroxylamine groups is 1. The van der Waals surface area contributed by atoms with Crippen LogP contribution in [0, 0.1) is 17.8 Å². The van der Waals surface area contributed by atoms with E-state index in [1.165, 1.54) is 0 Å². The lowest BCUT2D eigenvalue weighted by Gasteiger charge is -2.29. The molecule has 2 bridgehead atoms. The van der Waals surface area contributed by atoms with Crippen LogP contribution in [0.3, 0.4) is 0 Å². The second-order valence-electron chi connectivity index (χ2n) is 10.7. The molecule has 41 heavy (non-hydrogen) atoms. The van der Waals surface area contributed by atoms with Gasteiger partial charge in [-0.15, -0.1) is 0 Å². The lowest BCUT2D eigenvalue weighted by atomic mass is 9.81. The Morgan fingerprint density at radius 3 is 2.49 bits per heavy atom. The van der Waals surface area contributed by atoms with Crippen LogP contribution in [0.15, 0.2) is 24.3 Å². The molecule has 1 aromatic carbocycles. The number of rotatable bonds is 12. The van der Waals surface area contributed by atoms with Gasteiger partial charge in [0, 0.05) is 12.3 Å². The number of hydrogen-bond donors (Lipinski definition) is 7. The summed E-state index contributed by atoms with van der Waals surface area (Å²) in [4.78, 5) is 52.7. The average Bonchev–Trinajstić information content (AvgIpc) is 2.93. The van der Waals surface area contributed by atoms with E-state index in [4.69, 9.17) is 20.9 Å². The summed E-state index contributed by atoms with van der Waals surface area (Å²) in [5.41, 5.74) is 13.5.